The van der Waals surface area contributed by atoms with E-state index in [9.17, 15) is 4.79 Å². The average Bonchev–Trinajstić information content (AvgIpc) is 3.42. The minimum absolute atomic E-state index is 0.000804. The van der Waals surface area contributed by atoms with Crippen LogP contribution in [0.2, 0.25) is 0 Å². The van der Waals surface area contributed by atoms with E-state index >= 15 is 0 Å². The quantitative estimate of drug-likeness (QED) is 0.181. The average molecular weight is 415 g/mol. The summed E-state index contributed by atoms with van der Waals surface area (Å²) in [6.45, 7) is 4.49. The van der Waals surface area contributed by atoms with E-state index in [1.807, 2.05) is 12.1 Å². The third-order valence-electron chi connectivity index (χ3n) is 5.89. The van der Waals surface area contributed by atoms with Crippen LogP contribution in [0.5, 0.6) is 0 Å². The molecule has 0 radical (unpaired) electrons. The molecule has 2 heterocycles. The van der Waals surface area contributed by atoms with Crippen molar-refractivity contribution in [1.82, 2.24) is 0 Å². The van der Waals surface area contributed by atoms with E-state index in [-0.39, 0.29) is 5.78 Å². The number of hydrogen-bond donors (Lipinski definition) is 0. The van der Waals surface area contributed by atoms with Gasteiger partial charge in [0, 0.05) is 12.8 Å². The maximum Gasteiger partial charge on any atom is 0.199 e. The number of furan rings is 2. The van der Waals surface area contributed by atoms with Crippen molar-refractivity contribution < 1.29 is 13.6 Å². The van der Waals surface area contributed by atoms with E-state index < -0.39 is 0 Å². The van der Waals surface area contributed by atoms with Gasteiger partial charge >= 0.3 is 0 Å². The maximum absolute atomic E-state index is 12.7. The lowest BCUT2D eigenvalue weighted by molar-refractivity contribution is 0.103. The number of aryl methyl sites for hydroxylation is 2. The molecule has 0 aliphatic rings. The zero-order valence-electron chi connectivity index (χ0n) is 19.3. The van der Waals surface area contributed by atoms with Gasteiger partial charge in [-0.2, -0.15) is 0 Å². The standard InChI is InChI=1S/C27H42O3/c1-3-5-7-9-11-13-15-17-25-19-23(21-29-25)27(28)24-20-26(30-22-24)18-16-14-12-10-8-6-4-2/h19-22H,3-18H2,1-2H3. The molecule has 0 aliphatic heterocycles. The molecular formula is C27H42O3. The summed E-state index contributed by atoms with van der Waals surface area (Å²) < 4.78 is 11.3. The molecule has 30 heavy (non-hydrogen) atoms. The van der Waals surface area contributed by atoms with Crippen LogP contribution in [0, 0.1) is 0 Å². The topological polar surface area (TPSA) is 43.4 Å². The van der Waals surface area contributed by atoms with Gasteiger partial charge in [-0.1, -0.05) is 90.9 Å². The Kier molecular flexibility index (Phi) is 12.3. The molecule has 0 saturated carbocycles. The number of carbonyl (C=O) groups excluding carboxylic acids is 1. The van der Waals surface area contributed by atoms with Gasteiger partial charge in [-0.15, -0.1) is 0 Å². The van der Waals surface area contributed by atoms with Gasteiger partial charge in [0.2, 0.25) is 0 Å². The summed E-state index contributed by atoms with van der Waals surface area (Å²) in [5.74, 6) is 1.83. The fourth-order valence-electron chi connectivity index (χ4n) is 3.94. The van der Waals surface area contributed by atoms with Crippen molar-refractivity contribution in [3.63, 3.8) is 0 Å². The Balaban J connectivity index is 1.66. The van der Waals surface area contributed by atoms with Gasteiger partial charge in [0.1, 0.15) is 24.0 Å². The third-order valence-corrected chi connectivity index (χ3v) is 5.89. The van der Waals surface area contributed by atoms with E-state index in [1.165, 1.54) is 77.0 Å². The molecule has 0 fully saturated rings. The van der Waals surface area contributed by atoms with Crippen molar-refractivity contribution in [2.75, 3.05) is 0 Å². The predicted octanol–water partition coefficient (Wildman–Crippen LogP) is 8.69. The van der Waals surface area contributed by atoms with Crippen molar-refractivity contribution >= 4 is 5.78 Å². The Labute approximate surface area is 183 Å². The molecule has 3 heteroatoms. The number of rotatable bonds is 18. The van der Waals surface area contributed by atoms with Crippen molar-refractivity contribution in [2.45, 2.75) is 117 Å². The summed E-state index contributed by atoms with van der Waals surface area (Å²) in [7, 11) is 0. The first-order valence-electron chi connectivity index (χ1n) is 12.4. The van der Waals surface area contributed by atoms with Crippen molar-refractivity contribution in [3.05, 3.63) is 47.3 Å². The molecule has 168 valence electrons. The SMILES string of the molecule is CCCCCCCCCc1cc(C(=O)c2coc(CCCCCCCCC)c2)co1. The Morgan fingerprint density at radius 2 is 0.967 bits per heavy atom. The summed E-state index contributed by atoms with van der Waals surface area (Å²) in [5, 5.41) is 0. The van der Waals surface area contributed by atoms with E-state index in [2.05, 4.69) is 13.8 Å². The molecule has 2 rings (SSSR count). The predicted molar refractivity (Wildman–Crippen MR) is 124 cm³/mol. The van der Waals surface area contributed by atoms with Gasteiger partial charge in [0.05, 0.1) is 11.1 Å². The Hall–Kier alpha value is -1.77. The fourth-order valence-corrected chi connectivity index (χ4v) is 3.94. The fraction of sp³-hybridized carbons (Fsp3) is 0.667. The summed E-state index contributed by atoms with van der Waals surface area (Å²) in [5.41, 5.74) is 1.27. The summed E-state index contributed by atoms with van der Waals surface area (Å²) in [6, 6.07) is 3.81. The molecule has 2 aromatic rings. The van der Waals surface area contributed by atoms with E-state index in [4.69, 9.17) is 8.83 Å². The molecule has 0 spiro atoms. The summed E-state index contributed by atoms with van der Waals surface area (Å²) in [6.07, 6.45) is 23.0. The first kappa shape index (κ1) is 24.5. The largest absolute Gasteiger partial charge is 0.469 e. The van der Waals surface area contributed by atoms with Crippen LogP contribution in [0.15, 0.2) is 33.5 Å². The molecular weight excluding hydrogens is 372 g/mol. The normalized spacial score (nSPS) is 11.3. The van der Waals surface area contributed by atoms with E-state index in [0.717, 1.165) is 37.2 Å². The molecule has 2 aromatic heterocycles. The van der Waals surface area contributed by atoms with Gasteiger partial charge in [-0.3, -0.25) is 4.79 Å². The van der Waals surface area contributed by atoms with Gasteiger partial charge < -0.3 is 8.83 Å². The highest BCUT2D eigenvalue weighted by Crippen LogP contribution is 2.19. The molecule has 0 saturated heterocycles. The zero-order chi connectivity index (χ0) is 21.4. The van der Waals surface area contributed by atoms with Gasteiger partial charge in [-0.05, 0) is 25.0 Å². The highest BCUT2D eigenvalue weighted by atomic mass is 16.3. The van der Waals surface area contributed by atoms with Crippen LogP contribution in [0.25, 0.3) is 0 Å². The van der Waals surface area contributed by atoms with Gasteiger partial charge in [-0.25, -0.2) is 0 Å². The molecule has 3 nitrogen and oxygen atoms in total. The lowest BCUT2D eigenvalue weighted by Crippen LogP contribution is -1.97. The van der Waals surface area contributed by atoms with Crippen molar-refractivity contribution in [3.8, 4) is 0 Å². The summed E-state index contributed by atoms with van der Waals surface area (Å²) >= 11 is 0. The Bertz CT molecular complexity index is 636. The van der Waals surface area contributed by atoms with Crippen LogP contribution < -0.4 is 0 Å². The molecule has 0 unspecified atom stereocenters. The molecule has 0 bridgehead atoms. The van der Waals surface area contributed by atoms with Gasteiger partial charge in [0.25, 0.3) is 0 Å². The molecule has 0 aromatic carbocycles. The minimum atomic E-state index is -0.000804. The third kappa shape index (κ3) is 9.36. The van der Waals surface area contributed by atoms with Crippen LogP contribution in [0.1, 0.15) is 131 Å². The number of ketones is 1. The van der Waals surface area contributed by atoms with Crippen molar-refractivity contribution in [2.24, 2.45) is 0 Å². The smallest absolute Gasteiger partial charge is 0.199 e. The molecule has 0 atom stereocenters. The monoisotopic (exact) mass is 414 g/mol. The molecule has 0 N–H and O–H groups in total. The van der Waals surface area contributed by atoms with E-state index in [1.54, 1.807) is 12.5 Å². The first-order chi connectivity index (χ1) is 14.7. The molecule has 0 aliphatic carbocycles. The second-order valence-electron chi connectivity index (χ2n) is 8.68. The number of carbonyl (C=O) groups is 1. The molecule has 0 amide bonds. The van der Waals surface area contributed by atoms with Crippen molar-refractivity contribution in [1.29, 1.82) is 0 Å². The van der Waals surface area contributed by atoms with E-state index in [0.29, 0.717) is 11.1 Å². The van der Waals surface area contributed by atoms with Crippen LogP contribution in [-0.4, -0.2) is 5.78 Å². The Morgan fingerprint density at radius 1 is 0.600 bits per heavy atom. The van der Waals surface area contributed by atoms with Crippen LogP contribution in [-0.2, 0) is 12.8 Å². The summed E-state index contributed by atoms with van der Waals surface area (Å²) in [4.78, 5) is 12.7. The number of hydrogen-bond acceptors (Lipinski definition) is 3. The maximum atomic E-state index is 12.7. The second-order valence-corrected chi connectivity index (χ2v) is 8.68. The zero-order valence-corrected chi connectivity index (χ0v) is 19.3. The van der Waals surface area contributed by atoms with Crippen LogP contribution >= 0.6 is 0 Å². The second kappa shape index (κ2) is 15.1. The number of unbranched alkanes of at least 4 members (excludes halogenated alkanes) is 12. The Morgan fingerprint density at radius 3 is 1.37 bits per heavy atom. The van der Waals surface area contributed by atoms with Gasteiger partial charge in [0.15, 0.2) is 5.78 Å². The lowest BCUT2D eigenvalue weighted by Gasteiger charge is -1.99. The highest BCUT2D eigenvalue weighted by Gasteiger charge is 2.15. The lowest BCUT2D eigenvalue weighted by atomic mass is 10.1. The first-order valence-corrected chi connectivity index (χ1v) is 12.4. The van der Waals surface area contributed by atoms with Crippen LogP contribution in [0.4, 0.5) is 0 Å². The minimum Gasteiger partial charge on any atom is -0.469 e. The van der Waals surface area contributed by atoms with Crippen LogP contribution in [0.3, 0.4) is 0 Å². The highest BCUT2D eigenvalue weighted by molar-refractivity contribution is 6.08.